The lowest BCUT2D eigenvalue weighted by Gasteiger charge is -2.11. The van der Waals surface area contributed by atoms with Gasteiger partial charge < -0.3 is 10.5 Å². The lowest BCUT2D eigenvalue weighted by Crippen LogP contribution is -2.05. The Hall–Kier alpha value is -2.14. The molecule has 0 atom stereocenters. The smallest absolute Gasteiger partial charge is 0.169 e. The number of benzene rings is 1. The second-order valence-electron chi connectivity index (χ2n) is 5.52. The zero-order valence-corrected chi connectivity index (χ0v) is 13.0. The molecule has 4 nitrogen and oxygen atoms in total. The molecule has 0 aliphatic heterocycles. The van der Waals surface area contributed by atoms with E-state index in [2.05, 4.69) is 9.97 Å². The molecule has 1 aliphatic carbocycles. The van der Waals surface area contributed by atoms with Crippen molar-refractivity contribution < 1.29 is 4.74 Å². The summed E-state index contributed by atoms with van der Waals surface area (Å²) >= 11 is 1.76. The van der Waals surface area contributed by atoms with Crippen LogP contribution in [0, 0.1) is 0 Å². The van der Waals surface area contributed by atoms with Gasteiger partial charge in [0.05, 0.1) is 5.39 Å². The van der Waals surface area contributed by atoms with E-state index < -0.39 is 0 Å². The number of thiophene rings is 1. The van der Waals surface area contributed by atoms with Crippen LogP contribution in [0.3, 0.4) is 0 Å². The number of fused-ring (bicyclic) bond motifs is 3. The number of nitrogen functional groups attached to an aromatic ring is 1. The van der Waals surface area contributed by atoms with Crippen LogP contribution in [0.5, 0.6) is 5.75 Å². The van der Waals surface area contributed by atoms with Gasteiger partial charge in [0, 0.05) is 4.88 Å². The molecule has 0 amide bonds. The monoisotopic (exact) mass is 311 g/mol. The Kier molecular flexibility index (Phi) is 3.42. The third-order valence-electron chi connectivity index (χ3n) is 4.00. The predicted molar refractivity (Wildman–Crippen MR) is 89.2 cm³/mol. The van der Waals surface area contributed by atoms with Gasteiger partial charge in [0.25, 0.3) is 0 Å². The van der Waals surface area contributed by atoms with Crippen LogP contribution in [-0.4, -0.2) is 9.97 Å². The van der Waals surface area contributed by atoms with Crippen molar-refractivity contribution in [3.05, 3.63) is 46.6 Å². The molecule has 0 saturated carbocycles. The van der Waals surface area contributed by atoms with E-state index in [0.717, 1.165) is 28.8 Å². The van der Waals surface area contributed by atoms with Crippen molar-refractivity contribution in [1.29, 1.82) is 0 Å². The van der Waals surface area contributed by atoms with Crippen LogP contribution in [-0.2, 0) is 19.4 Å². The fourth-order valence-electron chi connectivity index (χ4n) is 2.96. The zero-order chi connectivity index (χ0) is 14.9. The van der Waals surface area contributed by atoms with E-state index in [1.54, 1.807) is 11.3 Å². The van der Waals surface area contributed by atoms with E-state index in [0.29, 0.717) is 18.2 Å². The van der Waals surface area contributed by atoms with Crippen molar-refractivity contribution in [3.8, 4) is 5.75 Å². The Morgan fingerprint density at radius 1 is 1.09 bits per heavy atom. The lowest BCUT2D eigenvalue weighted by molar-refractivity contribution is 0.296. The van der Waals surface area contributed by atoms with E-state index in [4.69, 9.17) is 10.5 Å². The summed E-state index contributed by atoms with van der Waals surface area (Å²) in [6.45, 7) is 0.340. The number of aryl methyl sites for hydroxylation is 2. The molecule has 5 heteroatoms. The third-order valence-corrected chi connectivity index (χ3v) is 5.19. The van der Waals surface area contributed by atoms with Crippen molar-refractivity contribution in [2.75, 3.05) is 5.73 Å². The topological polar surface area (TPSA) is 61.0 Å². The molecule has 0 spiro atoms. The summed E-state index contributed by atoms with van der Waals surface area (Å²) in [5.41, 5.74) is 7.57. The number of hydrogen-bond donors (Lipinski definition) is 1. The van der Waals surface area contributed by atoms with Crippen LogP contribution < -0.4 is 10.5 Å². The molecule has 1 aliphatic rings. The first-order valence-corrected chi connectivity index (χ1v) is 8.37. The number of nitrogens with two attached hydrogens (primary N) is 1. The molecule has 0 unspecified atom stereocenters. The summed E-state index contributed by atoms with van der Waals surface area (Å²) in [5.74, 6) is 2.05. The van der Waals surface area contributed by atoms with E-state index in [9.17, 15) is 0 Å². The van der Waals surface area contributed by atoms with Gasteiger partial charge in [-0.05, 0) is 43.4 Å². The predicted octanol–water partition coefficient (Wildman–Crippen LogP) is 3.73. The summed E-state index contributed by atoms with van der Waals surface area (Å²) in [6, 6.07) is 9.70. The van der Waals surface area contributed by atoms with Crippen molar-refractivity contribution in [1.82, 2.24) is 9.97 Å². The normalized spacial score (nSPS) is 14.0. The summed E-state index contributed by atoms with van der Waals surface area (Å²) < 4.78 is 5.72. The largest absolute Gasteiger partial charge is 0.486 e. The molecule has 3 aromatic rings. The Labute approximate surface area is 133 Å². The van der Waals surface area contributed by atoms with Gasteiger partial charge in [-0.3, -0.25) is 0 Å². The van der Waals surface area contributed by atoms with Crippen molar-refractivity contribution in [2.24, 2.45) is 0 Å². The van der Waals surface area contributed by atoms with Gasteiger partial charge in [-0.25, -0.2) is 9.97 Å². The number of para-hydroxylation sites is 1. The van der Waals surface area contributed by atoms with E-state index >= 15 is 0 Å². The first kappa shape index (κ1) is 13.5. The molecule has 22 heavy (non-hydrogen) atoms. The summed E-state index contributed by atoms with van der Waals surface area (Å²) in [4.78, 5) is 11.5. The quantitative estimate of drug-likeness (QED) is 0.800. The van der Waals surface area contributed by atoms with Crippen LogP contribution in [0.15, 0.2) is 30.3 Å². The molecule has 0 bridgehead atoms. The summed E-state index contributed by atoms with van der Waals surface area (Å²) in [6.07, 6.45) is 4.74. The molecule has 112 valence electrons. The maximum absolute atomic E-state index is 6.19. The Balaban J connectivity index is 1.65. The number of rotatable bonds is 3. The standard InChI is InChI=1S/C17H17N3OS/c18-16-15-12-8-4-5-9-13(12)22-17(15)20-14(19-16)10-21-11-6-2-1-3-7-11/h1-3,6-7H,4-5,8-10H2,(H2,18,19,20). The molecular weight excluding hydrogens is 294 g/mol. The SMILES string of the molecule is Nc1nc(COc2ccccc2)nc2sc3c(c12)CCCC3. The van der Waals surface area contributed by atoms with Crippen LogP contribution in [0.2, 0.25) is 0 Å². The minimum Gasteiger partial charge on any atom is -0.486 e. The van der Waals surface area contributed by atoms with Gasteiger partial charge in [0.2, 0.25) is 0 Å². The van der Waals surface area contributed by atoms with Gasteiger partial charge in [-0.2, -0.15) is 0 Å². The number of anilines is 1. The van der Waals surface area contributed by atoms with Gasteiger partial charge in [0.1, 0.15) is 23.0 Å². The van der Waals surface area contributed by atoms with Crippen molar-refractivity contribution in [3.63, 3.8) is 0 Å². The van der Waals surface area contributed by atoms with Gasteiger partial charge >= 0.3 is 0 Å². The third kappa shape index (κ3) is 2.41. The Morgan fingerprint density at radius 3 is 2.77 bits per heavy atom. The molecular formula is C17H17N3OS. The van der Waals surface area contributed by atoms with Crippen molar-refractivity contribution in [2.45, 2.75) is 32.3 Å². The number of hydrogen-bond acceptors (Lipinski definition) is 5. The molecule has 2 aromatic heterocycles. The summed E-state index contributed by atoms with van der Waals surface area (Å²) in [5, 5.41) is 1.07. The van der Waals surface area contributed by atoms with Crippen LogP contribution in [0.25, 0.3) is 10.2 Å². The van der Waals surface area contributed by atoms with Gasteiger partial charge in [0.15, 0.2) is 5.82 Å². The van der Waals surface area contributed by atoms with E-state index in [1.165, 1.54) is 23.3 Å². The first-order valence-electron chi connectivity index (χ1n) is 7.56. The molecule has 0 saturated heterocycles. The molecule has 1 aromatic carbocycles. The number of ether oxygens (including phenoxy) is 1. The Morgan fingerprint density at radius 2 is 1.91 bits per heavy atom. The average molecular weight is 311 g/mol. The number of nitrogens with zero attached hydrogens (tertiary/aromatic N) is 2. The number of aromatic nitrogens is 2. The Bertz CT molecular complexity index is 814. The van der Waals surface area contributed by atoms with E-state index in [1.807, 2.05) is 30.3 Å². The fraction of sp³-hybridized carbons (Fsp3) is 0.294. The maximum Gasteiger partial charge on any atom is 0.169 e. The van der Waals surface area contributed by atoms with Gasteiger partial charge in [-0.15, -0.1) is 11.3 Å². The fourth-order valence-corrected chi connectivity index (χ4v) is 4.25. The molecule has 0 radical (unpaired) electrons. The maximum atomic E-state index is 6.19. The van der Waals surface area contributed by atoms with Crippen LogP contribution in [0.1, 0.15) is 29.1 Å². The lowest BCUT2D eigenvalue weighted by atomic mass is 9.97. The minimum absolute atomic E-state index is 0.340. The second-order valence-corrected chi connectivity index (χ2v) is 6.60. The van der Waals surface area contributed by atoms with Crippen LogP contribution in [0.4, 0.5) is 5.82 Å². The van der Waals surface area contributed by atoms with Crippen molar-refractivity contribution >= 4 is 27.4 Å². The first-order chi connectivity index (χ1) is 10.8. The van der Waals surface area contributed by atoms with Gasteiger partial charge in [-0.1, -0.05) is 18.2 Å². The highest BCUT2D eigenvalue weighted by atomic mass is 32.1. The summed E-state index contributed by atoms with van der Waals surface area (Å²) in [7, 11) is 0. The molecule has 0 fully saturated rings. The zero-order valence-electron chi connectivity index (χ0n) is 12.2. The average Bonchev–Trinajstić information content (AvgIpc) is 2.92. The second kappa shape index (κ2) is 5.57. The molecule has 2 N–H and O–H groups in total. The highest BCUT2D eigenvalue weighted by Crippen LogP contribution is 2.37. The molecule has 4 rings (SSSR count). The molecule has 2 heterocycles. The highest BCUT2D eigenvalue weighted by Gasteiger charge is 2.20. The minimum atomic E-state index is 0.340. The van der Waals surface area contributed by atoms with E-state index in [-0.39, 0.29) is 0 Å². The highest BCUT2D eigenvalue weighted by molar-refractivity contribution is 7.19. The van der Waals surface area contributed by atoms with Crippen LogP contribution >= 0.6 is 11.3 Å².